The summed E-state index contributed by atoms with van der Waals surface area (Å²) in [6, 6.07) is 17.9. The predicted octanol–water partition coefficient (Wildman–Crippen LogP) is 4.15. The van der Waals surface area contributed by atoms with E-state index in [1.165, 1.54) is 24.3 Å². The quantitative estimate of drug-likeness (QED) is 0.579. The molecule has 0 radical (unpaired) electrons. The van der Waals surface area contributed by atoms with E-state index in [2.05, 4.69) is 10.7 Å². The monoisotopic (exact) mass is 456 g/mol. The molecule has 1 heterocycles. The Bertz CT molecular complexity index is 1150. The average Bonchev–Trinajstić information content (AvgIpc) is 3.05. The van der Waals surface area contributed by atoms with Crippen LogP contribution in [0.5, 0.6) is 0 Å². The zero-order valence-electron chi connectivity index (χ0n) is 16.1. The molecule has 0 saturated carbocycles. The van der Waals surface area contributed by atoms with Gasteiger partial charge in [0, 0.05) is 26.7 Å². The summed E-state index contributed by atoms with van der Waals surface area (Å²) in [4.78, 5) is 25.5. The van der Waals surface area contributed by atoms with Crippen molar-refractivity contribution < 1.29 is 18.7 Å². The molecule has 0 aliphatic carbocycles. The smallest absolute Gasteiger partial charge is 0.304 e. The lowest BCUT2D eigenvalue weighted by Crippen LogP contribution is -2.42. The Hall–Kier alpha value is -3.22. The van der Waals surface area contributed by atoms with Gasteiger partial charge in [-0.15, -0.1) is 10.1 Å². The van der Waals surface area contributed by atoms with Crippen LogP contribution in [0.1, 0.15) is 27.5 Å². The van der Waals surface area contributed by atoms with Gasteiger partial charge >= 0.3 is 5.91 Å². The largest absolute Gasteiger partial charge is 0.334 e. The van der Waals surface area contributed by atoms with Crippen molar-refractivity contribution in [2.24, 2.45) is 0 Å². The highest BCUT2D eigenvalue weighted by Gasteiger charge is 2.47. The third-order valence-electron chi connectivity index (χ3n) is 4.90. The molecule has 0 aromatic heterocycles. The Morgan fingerprint density at radius 3 is 2.13 bits per heavy atom. The lowest BCUT2D eigenvalue weighted by molar-refractivity contribution is -0.596. The van der Waals surface area contributed by atoms with Gasteiger partial charge in [-0.3, -0.25) is 9.59 Å². The Labute approximate surface area is 188 Å². The number of carbonyl (C=O) groups is 2. The summed E-state index contributed by atoms with van der Waals surface area (Å²) in [7, 11) is 0. The number of hydrogen-bond acceptors (Lipinski definition) is 2. The number of nitrogens with one attached hydrogen (secondary N) is 2. The van der Waals surface area contributed by atoms with E-state index in [1.807, 2.05) is 12.1 Å². The van der Waals surface area contributed by atoms with Gasteiger partial charge in [0.15, 0.2) is 6.04 Å². The van der Waals surface area contributed by atoms with Crippen LogP contribution in [0.4, 0.5) is 4.39 Å². The lowest BCUT2D eigenvalue weighted by Gasteiger charge is -2.15. The van der Waals surface area contributed by atoms with Crippen LogP contribution >= 0.6 is 23.2 Å². The molecule has 0 spiro atoms. The summed E-state index contributed by atoms with van der Waals surface area (Å²) in [5, 5.41) is 3.92. The van der Waals surface area contributed by atoms with E-state index in [4.69, 9.17) is 23.2 Å². The number of halogens is 3. The number of carbonyl (C=O) groups excluding carboxylic acids is 2. The number of amides is 2. The number of rotatable bonds is 4. The van der Waals surface area contributed by atoms with Crippen molar-refractivity contribution in [2.45, 2.75) is 12.1 Å². The van der Waals surface area contributed by atoms with Crippen LogP contribution in [0.15, 0.2) is 72.8 Å². The Balaban J connectivity index is 1.69. The molecule has 3 aromatic rings. The van der Waals surface area contributed by atoms with Gasteiger partial charge in [-0.1, -0.05) is 35.3 Å². The van der Waals surface area contributed by atoms with Gasteiger partial charge in [-0.05, 0) is 60.7 Å². The molecule has 0 unspecified atom stereocenters. The summed E-state index contributed by atoms with van der Waals surface area (Å²) < 4.78 is 14.8. The van der Waals surface area contributed by atoms with E-state index in [9.17, 15) is 14.0 Å². The minimum Gasteiger partial charge on any atom is -0.334 e. The minimum atomic E-state index is -0.887. The van der Waals surface area contributed by atoms with Crippen molar-refractivity contribution in [3.63, 3.8) is 0 Å². The normalized spacial score (nSPS) is 19.3. The number of hydrogen-bond donors (Lipinski definition) is 2. The second kappa shape index (κ2) is 8.88. The summed E-state index contributed by atoms with van der Waals surface area (Å²) in [5.74, 6) is -1.30. The molecule has 4 rings (SSSR count). The fourth-order valence-corrected chi connectivity index (χ4v) is 3.63. The van der Waals surface area contributed by atoms with Crippen molar-refractivity contribution in [3.8, 4) is 0 Å². The van der Waals surface area contributed by atoms with Crippen LogP contribution in [-0.2, 0) is 4.79 Å². The van der Waals surface area contributed by atoms with Crippen LogP contribution in [0, 0.1) is 5.82 Å². The number of nitrogens with zero attached hydrogens (tertiary/aromatic N) is 1. The fraction of sp³-hybridized carbons (Fsp3) is 0.0870. The highest BCUT2D eigenvalue weighted by Crippen LogP contribution is 2.27. The number of benzene rings is 3. The second-order valence-electron chi connectivity index (χ2n) is 7.02. The molecular formula is C23H17Cl2FN3O2+. The molecule has 2 atom stereocenters. The maximum absolute atomic E-state index is 13.2. The first-order valence-corrected chi connectivity index (χ1v) is 10.2. The zero-order chi connectivity index (χ0) is 22.0. The third-order valence-corrected chi connectivity index (χ3v) is 5.40. The van der Waals surface area contributed by atoms with E-state index < -0.39 is 23.8 Å². The van der Waals surface area contributed by atoms with Crippen LogP contribution in [0.3, 0.4) is 0 Å². The van der Waals surface area contributed by atoms with E-state index in [0.717, 1.165) is 11.1 Å². The van der Waals surface area contributed by atoms with Gasteiger partial charge in [-0.2, -0.15) is 0 Å². The van der Waals surface area contributed by atoms with Gasteiger partial charge in [-0.25, -0.2) is 4.39 Å². The van der Waals surface area contributed by atoms with E-state index in [0.29, 0.717) is 10.0 Å². The molecule has 3 aromatic carbocycles. The standard InChI is InChI=1S/C23H16Cl2FN3O2/c24-17-7-1-14(2-8-17)13-29-21(15-3-9-18(25)10-4-15)20(23(31)28-29)27-22(30)16-5-11-19(26)12-6-16/h1-13,20-21H,(H-,27,28,30,31)/p+1/b29-13-/t20-,21+/m1/s1. The Morgan fingerprint density at radius 1 is 0.935 bits per heavy atom. The van der Waals surface area contributed by atoms with Gasteiger partial charge in [0.1, 0.15) is 5.82 Å². The van der Waals surface area contributed by atoms with E-state index in [-0.39, 0.29) is 11.5 Å². The molecule has 2 N–H and O–H groups in total. The fourth-order valence-electron chi connectivity index (χ4n) is 3.38. The maximum atomic E-state index is 13.2. The average molecular weight is 457 g/mol. The molecule has 1 aliphatic rings. The predicted molar refractivity (Wildman–Crippen MR) is 117 cm³/mol. The molecule has 31 heavy (non-hydrogen) atoms. The Morgan fingerprint density at radius 2 is 1.52 bits per heavy atom. The molecular weight excluding hydrogens is 440 g/mol. The van der Waals surface area contributed by atoms with Crippen molar-refractivity contribution >= 4 is 41.2 Å². The number of hydrazone groups is 1. The molecule has 5 nitrogen and oxygen atoms in total. The van der Waals surface area contributed by atoms with Gasteiger partial charge in [0.2, 0.25) is 12.3 Å². The number of hydrazine groups is 1. The van der Waals surface area contributed by atoms with Crippen LogP contribution in [0.2, 0.25) is 10.0 Å². The van der Waals surface area contributed by atoms with Crippen molar-refractivity contribution in [3.05, 3.63) is 105 Å². The van der Waals surface area contributed by atoms with Crippen molar-refractivity contribution in [1.29, 1.82) is 0 Å². The third kappa shape index (κ3) is 4.76. The summed E-state index contributed by atoms with van der Waals surface area (Å²) in [6.07, 6.45) is 1.76. The minimum absolute atomic E-state index is 0.254. The Kier molecular flexibility index (Phi) is 6.02. The molecule has 1 saturated heterocycles. The molecule has 2 amide bonds. The first kappa shape index (κ1) is 21.0. The summed E-state index contributed by atoms with van der Waals surface area (Å²) in [6.45, 7) is 0. The molecule has 1 aliphatic heterocycles. The van der Waals surface area contributed by atoms with Crippen LogP contribution in [-0.4, -0.2) is 28.8 Å². The van der Waals surface area contributed by atoms with Gasteiger partial charge in [0.05, 0.1) is 0 Å². The molecule has 1 fully saturated rings. The molecule has 156 valence electrons. The highest BCUT2D eigenvalue weighted by molar-refractivity contribution is 6.30. The van der Waals surface area contributed by atoms with Crippen LogP contribution < -0.4 is 10.7 Å². The van der Waals surface area contributed by atoms with E-state index in [1.54, 1.807) is 47.3 Å². The topological polar surface area (TPSA) is 61.2 Å². The highest BCUT2D eigenvalue weighted by atomic mass is 35.5. The molecule has 0 bridgehead atoms. The SMILES string of the molecule is O=C(N[C@H]1C(=O)N/[N+](=C\c2ccc(Cl)cc2)[C@H]1c1ccc(Cl)cc1)c1ccc(F)cc1. The van der Waals surface area contributed by atoms with Gasteiger partial charge in [0.25, 0.3) is 5.91 Å². The van der Waals surface area contributed by atoms with Gasteiger partial charge < -0.3 is 5.32 Å². The first-order valence-electron chi connectivity index (χ1n) is 9.42. The van der Waals surface area contributed by atoms with Crippen molar-refractivity contribution in [1.82, 2.24) is 10.7 Å². The maximum Gasteiger partial charge on any atom is 0.304 e. The van der Waals surface area contributed by atoms with E-state index >= 15 is 0 Å². The lowest BCUT2D eigenvalue weighted by atomic mass is 10.00. The second-order valence-corrected chi connectivity index (χ2v) is 7.89. The summed E-state index contributed by atoms with van der Waals surface area (Å²) >= 11 is 12.0. The molecule has 8 heteroatoms. The zero-order valence-corrected chi connectivity index (χ0v) is 17.6. The first-order chi connectivity index (χ1) is 14.9. The summed E-state index contributed by atoms with van der Waals surface area (Å²) in [5.41, 5.74) is 4.64. The van der Waals surface area contributed by atoms with Crippen LogP contribution in [0.25, 0.3) is 0 Å². The van der Waals surface area contributed by atoms with Crippen molar-refractivity contribution in [2.75, 3.05) is 0 Å².